The number of nitrogens with zero attached hydrogens (tertiary/aromatic N) is 1. The third kappa shape index (κ3) is 4.37. The Balaban J connectivity index is 2.69. The van der Waals surface area contributed by atoms with E-state index < -0.39 is 0 Å². The third-order valence-corrected chi connectivity index (χ3v) is 3.64. The molecule has 0 amide bonds. The van der Waals surface area contributed by atoms with Gasteiger partial charge in [0.15, 0.2) is 0 Å². The molecule has 2 atom stereocenters. The highest BCUT2D eigenvalue weighted by Gasteiger charge is 2.16. The summed E-state index contributed by atoms with van der Waals surface area (Å²) in [7, 11) is 0. The molecule has 98 valence electrons. The number of ether oxygens (including phenoxy) is 1. The second-order valence-corrected chi connectivity index (χ2v) is 5.01. The van der Waals surface area contributed by atoms with E-state index in [1.165, 1.54) is 0 Å². The predicted molar refractivity (Wildman–Crippen MR) is 73.5 cm³/mol. The molecule has 1 aromatic heterocycles. The van der Waals surface area contributed by atoms with Crippen molar-refractivity contribution in [2.75, 3.05) is 13.2 Å². The summed E-state index contributed by atoms with van der Waals surface area (Å²) in [6, 6.07) is 0.328. The van der Waals surface area contributed by atoms with Crippen molar-refractivity contribution < 1.29 is 4.74 Å². The van der Waals surface area contributed by atoms with Crippen LogP contribution in [0.2, 0.25) is 0 Å². The molecule has 1 heterocycles. The molecule has 0 aliphatic rings. The number of thiazole rings is 1. The van der Waals surface area contributed by atoms with E-state index in [0.29, 0.717) is 6.04 Å². The quantitative estimate of drug-likeness (QED) is 0.770. The molecule has 0 radical (unpaired) electrons. The van der Waals surface area contributed by atoms with Crippen LogP contribution in [-0.2, 0) is 4.74 Å². The molecule has 0 saturated carbocycles. The van der Waals surface area contributed by atoms with Crippen LogP contribution in [0.25, 0.3) is 0 Å². The van der Waals surface area contributed by atoms with E-state index in [2.05, 4.69) is 31.5 Å². The van der Waals surface area contributed by atoms with Crippen LogP contribution in [-0.4, -0.2) is 18.1 Å². The summed E-state index contributed by atoms with van der Waals surface area (Å²) < 4.78 is 5.75. The van der Waals surface area contributed by atoms with Gasteiger partial charge in [-0.1, -0.05) is 20.3 Å². The molecule has 0 fully saturated rings. The fraction of sp³-hybridized carbons (Fsp3) is 0.769. The van der Waals surface area contributed by atoms with Gasteiger partial charge in [-0.2, -0.15) is 0 Å². The zero-order valence-corrected chi connectivity index (χ0v) is 12.1. The second-order valence-electron chi connectivity index (χ2n) is 4.12. The molecule has 1 N–H and O–H groups in total. The predicted octanol–water partition coefficient (Wildman–Crippen LogP) is 3.69. The number of nitrogens with one attached hydrogen (secondary N) is 1. The van der Waals surface area contributed by atoms with Gasteiger partial charge in [-0.05, 0) is 26.8 Å². The Hall–Kier alpha value is -0.450. The van der Waals surface area contributed by atoms with Crippen molar-refractivity contribution in [2.45, 2.75) is 52.7 Å². The standard InChI is InChI=1S/C13H24N2OS/c1-5-8-12(16-7-3)13-15-11(9-17-13)10(4)14-6-2/h9-10,12,14H,5-8H2,1-4H3. The summed E-state index contributed by atoms with van der Waals surface area (Å²) in [4.78, 5) is 4.70. The van der Waals surface area contributed by atoms with Crippen LogP contribution >= 0.6 is 11.3 Å². The van der Waals surface area contributed by atoms with E-state index in [-0.39, 0.29) is 6.10 Å². The first-order valence-electron chi connectivity index (χ1n) is 6.53. The van der Waals surface area contributed by atoms with Crippen LogP contribution in [0.15, 0.2) is 5.38 Å². The molecule has 0 saturated heterocycles. The number of rotatable bonds is 8. The van der Waals surface area contributed by atoms with Crippen molar-refractivity contribution in [3.05, 3.63) is 16.1 Å². The summed E-state index contributed by atoms with van der Waals surface area (Å²) in [5.41, 5.74) is 1.13. The Labute approximate surface area is 109 Å². The van der Waals surface area contributed by atoms with Crippen molar-refractivity contribution >= 4 is 11.3 Å². The van der Waals surface area contributed by atoms with Crippen molar-refractivity contribution in [3.63, 3.8) is 0 Å². The van der Waals surface area contributed by atoms with Gasteiger partial charge in [0.1, 0.15) is 11.1 Å². The van der Waals surface area contributed by atoms with Crippen LogP contribution in [0.3, 0.4) is 0 Å². The smallest absolute Gasteiger partial charge is 0.122 e. The molecule has 1 rings (SSSR count). The largest absolute Gasteiger partial charge is 0.371 e. The molecule has 3 nitrogen and oxygen atoms in total. The lowest BCUT2D eigenvalue weighted by Gasteiger charge is -2.13. The molecule has 0 aromatic carbocycles. The van der Waals surface area contributed by atoms with Crippen molar-refractivity contribution in [3.8, 4) is 0 Å². The van der Waals surface area contributed by atoms with Gasteiger partial charge < -0.3 is 10.1 Å². The highest BCUT2D eigenvalue weighted by Crippen LogP contribution is 2.27. The maximum Gasteiger partial charge on any atom is 0.122 e. The highest BCUT2D eigenvalue weighted by molar-refractivity contribution is 7.09. The molecule has 17 heavy (non-hydrogen) atoms. The lowest BCUT2D eigenvalue weighted by atomic mass is 10.2. The fourth-order valence-electron chi connectivity index (χ4n) is 1.80. The van der Waals surface area contributed by atoms with E-state index in [0.717, 1.165) is 36.7 Å². The van der Waals surface area contributed by atoms with Gasteiger partial charge in [0, 0.05) is 18.0 Å². The minimum atomic E-state index is 0.178. The molecule has 0 aliphatic carbocycles. The average molecular weight is 256 g/mol. The van der Waals surface area contributed by atoms with Crippen LogP contribution < -0.4 is 5.32 Å². The van der Waals surface area contributed by atoms with Crippen LogP contribution in [0, 0.1) is 0 Å². The maximum absolute atomic E-state index is 5.75. The molecule has 1 aromatic rings. The highest BCUT2D eigenvalue weighted by atomic mass is 32.1. The fourth-order valence-corrected chi connectivity index (χ4v) is 2.79. The Morgan fingerprint density at radius 3 is 2.76 bits per heavy atom. The molecule has 0 aliphatic heterocycles. The Morgan fingerprint density at radius 2 is 2.18 bits per heavy atom. The Kier molecular flexibility index (Phi) is 6.70. The minimum absolute atomic E-state index is 0.178. The monoisotopic (exact) mass is 256 g/mol. The topological polar surface area (TPSA) is 34.1 Å². The number of hydrogen-bond donors (Lipinski definition) is 1. The summed E-state index contributed by atoms with van der Waals surface area (Å²) in [5, 5.41) is 6.64. The van der Waals surface area contributed by atoms with Crippen LogP contribution in [0.5, 0.6) is 0 Å². The molecule has 2 unspecified atom stereocenters. The lowest BCUT2D eigenvalue weighted by Crippen LogP contribution is -2.18. The first-order valence-corrected chi connectivity index (χ1v) is 7.41. The summed E-state index contributed by atoms with van der Waals surface area (Å²) >= 11 is 1.72. The first kappa shape index (κ1) is 14.6. The van der Waals surface area contributed by atoms with E-state index in [4.69, 9.17) is 9.72 Å². The maximum atomic E-state index is 5.75. The van der Waals surface area contributed by atoms with E-state index in [1.807, 2.05) is 6.92 Å². The molecule has 0 bridgehead atoms. The van der Waals surface area contributed by atoms with E-state index >= 15 is 0 Å². The Bertz CT molecular complexity index is 308. The minimum Gasteiger partial charge on any atom is -0.371 e. The summed E-state index contributed by atoms with van der Waals surface area (Å²) in [5.74, 6) is 0. The van der Waals surface area contributed by atoms with Gasteiger partial charge in [-0.15, -0.1) is 11.3 Å². The van der Waals surface area contributed by atoms with Crippen molar-refractivity contribution in [1.82, 2.24) is 10.3 Å². The van der Waals surface area contributed by atoms with Crippen LogP contribution in [0.4, 0.5) is 0 Å². The Morgan fingerprint density at radius 1 is 1.41 bits per heavy atom. The number of hydrogen-bond acceptors (Lipinski definition) is 4. The average Bonchev–Trinajstić information content (AvgIpc) is 2.78. The third-order valence-electron chi connectivity index (χ3n) is 2.69. The number of aromatic nitrogens is 1. The van der Waals surface area contributed by atoms with Gasteiger partial charge in [0.2, 0.25) is 0 Å². The molecular weight excluding hydrogens is 232 g/mol. The second kappa shape index (κ2) is 7.80. The van der Waals surface area contributed by atoms with Crippen LogP contribution in [0.1, 0.15) is 63.4 Å². The van der Waals surface area contributed by atoms with Gasteiger partial charge in [-0.25, -0.2) is 4.98 Å². The molecular formula is C13H24N2OS. The zero-order chi connectivity index (χ0) is 12.7. The van der Waals surface area contributed by atoms with Gasteiger partial charge in [-0.3, -0.25) is 0 Å². The SMILES string of the molecule is CCCC(OCC)c1nc(C(C)NCC)cs1. The first-order chi connectivity index (χ1) is 8.22. The summed E-state index contributed by atoms with van der Waals surface area (Å²) in [6.07, 6.45) is 2.36. The lowest BCUT2D eigenvalue weighted by molar-refractivity contribution is 0.0554. The van der Waals surface area contributed by atoms with E-state index in [9.17, 15) is 0 Å². The molecule has 4 heteroatoms. The van der Waals surface area contributed by atoms with Gasteiger partial charge in [0.25, 0.3) is 0 Å². The van der Waals surface area contributed by atoms with Crippen molar-refractivity contribution in [1.29, 1.82) is 0 Å². The summed E-state index contributed by atoms with van der Waals surface area (Å²) in [6.45, 7) is 10.2. The normalized spacial score (nSPS) is 14.8. The van der Waals surface area contributed by atoms with Gasteiger partial charge >= 0.3 is 0 Å². The van der Waals surface area contributed by atoms with Gasteiger partial charge in [0.05, 0.1) is 5.69 Å². The van der Waals surface area contributed by atoms with E-state index in [1.54, 1.807) is 11.3 Å². The van der Waals surface area contributed by atoms with Crippen molar-refractivity contribution in [2.24, 2.45) is 0 Å². The molecule has 0 spiro atoms. The zero-order valence-electron chi connectivity index (χ0n) is 11.3.